The minimum Gasteiger partial charge on any atom is -0.491 e. The largest absolute Gasteiger partial charge is 0.491 e. The van der Waals surface area contributed by atoms with Crippen molar-refractivity contribution in [1.82, 2.24) is 5.32 Å². The molecular formula is C18H31NO. The summed E-state index contributed by atoms with van der Waals surface area (Å²) in [5.41, 5.74) is 1.74. The number of ether oxygens (including phenoxy) is 1. The Labute approximate surface area is 124 Å². The van der Waals surface area contributed by atoms with E-state index >= 15 is 0 Å². The van der Waals surface area contributed by atoms with E-state index in [1.54, 1.807) is 0 Å². The van der Waals surface area contributed by atoms with Gasteiger partial charge in [0.25, 0.3) is 0 Å². The topological polar surface area (TPSA) is 21.3 Å². The second kappa shape index (κ2) is 8.31. The van der Waals surface area contributed by atoms with E-state index in [1.807, 2.05) is 0 Å². The third-order valence-electron chi connectivity index (χ3n) is 3.42. The van der Waals surface area contributed by atoms with Gasteiger partial charge in [-0.2, -0.15) is 0 Å². The van der Waals surface area contributed by atoms with E-state index in [0.29, 0.717) is 5.41 Å². The van der Waals surface area contributed by atoms with Crippen LogP contribution in [0.15, 0.2) is 24.3 Å². The van der Waals surface area contributed by atoms with Crippen LogP contribution in [-0.4, -0.2) is 19.2 Å². The molecule has 0 spiro atoms. The summed E-state index contributed by atoms with van der Waals surface area (Å²) >= 11 is 0. The number of nitrogens with one attached hydrogen (secondary N) is 1. The molecule has 0 fully saturated rings. The van der Waals surface area contributed by atoms with Gasteiger partial charge in [-0.3, -0.25) is 0 Å². The Hall–Kier alpha value is -1.02. The molecule has 1 aromatic rings. The normalized spacial score (nSPS) is 11.9. The molecule has 0 saturated heterocycles. The van der Waals surface area contributed by atoms with Crippen molar-refractivity contribution < 1.29 is 4.74 Å². The van der Waals surface area contributed by atoms with Crippen molar-refractivity contribution in [2.75, 3.05) is 13.1 Å². The van der Waals surface area contributed by atoms with Crippen LogP contribution in [0.25, 0.3) is 0 Å². The molecule has 0 aromatic heterocycles. The van der Waals surface area contributed by atoms with Crippen molar-refractivity contribution in [2.24, 2.45) is 5.41 Å². The first kappa shape index (κ1) is 17.0. The summed E-state index contributed by atoms with van der Waals surface area (Å²) < 4.78 is 5.67. The van der Waals surface area contributed by atoms with Crippen LogP contribution in [-0.2, 0) is 6.42 Å². The van der Waals surface area contributed by atoms with Gasteiger partial charge in [0, 0.05) is 6.54 Å². The third kappa shape index (κ3) is 6.95. The van der Waals surface area contributed by atoms with E-state index in [1.165, 1.54) is 18.4 Å². The summed E-state index contributed by atoms with van der Waals surface area (Å²) in [6.07, 6.45) is 3.77. The van der Waals surface area contributed by atoms with Gasteiger partial charge in [0.1, 0.15) is 5.75 Å². The minimum absolute atomic E-state index is 0.240. The molecule has 1 aromatic carbocycles. The number of rotatable bonds is 9. The average Bonchev–Trinajstić information content (AvgIpc) is 2.37. The van der Waals surface area contributed by atoms with Crippen molar-refractivity contribution in [2.45, 2.75) is 60.0 Å². The molecule has 0 aliphatic rings. The maximum atomic E-state index is 5.67. The quantitative estimate of drug-likeness (QED) is 0.674. The highest BCUT2D eigenvalue weighted by Gasteiger charge is 2.16. The highest BCUT2D eigenvalue weighted by molar-refractivity contribution is 5.27. The van der Waals surface area contributed by atoms with Crippen LogP contribution < -0.4 is 10.1 Å². The highest BCUT2D eigenvalue weighted by atomic mass is 16.5. The fourth-order valence-corrected chi connectivity index (χ4v) is 2.18. The average molecular weight is 277 g/mol. The van der Waals surface area contributed by atoms with Crippen LogP contribution >= 0.6 is 0 Å². The van der Waals surface area contributed by atoms with E-state index in [4.69, 9.17) is 4.74 Å². The second-order valence-electron chi connectivity index (χ2n) is 6.65. The van der Waals surface area contributed by atoms with Crippen LogP contribution in [0.1, 0.15) is 53.0 Å². The molecule has 1 N–H and O–H groups in total. The Morgan fingerprint density at radius 1 is 1.15 bits per heavy atom. The lowest BCUT2D eigenvalue weighted by Gasteiger charge is -2.25. The SMILES string of the molecule is CCCNCC(C)(C)CCc1ccc(OC(C)C)cc1. The summed E-state index contributed by atoms with van der Waals surface area (Å²) in [6, 6.07) is 8.54. The van der Waals surface area contributed by atoms with Gasteiger partial charge in [-0.25, -0.2) is 0 Å². The molecule has 0 amide bonds. The molecular weight excluding hydrogens is 246 g/mol. The van der Waals surface area contributed by atoms with Crippen molar-refractivity contribution in [3.63, 3.8) is 0 Å². The first-order chi connectivity index (χ1) is 9.43. The zero-order valence-electron chi connectivity index (χ0n) is 13.8. The number of benzene rings is 1. The van der Waals surface area contributed by atoms with Gasteiger partial charge in [0.15, 0.2) is 0 Å². The maximum Gasteiger partial charge on any atom is 0.119 e. The predicted octanol–water partition coefficient (Wildman–Crippen LogP) is 4.43. The molecule has 0 aliphatic heterocycles. The maximum absolute atomic E-state index is 5.67. The summed E-state index contributed by atoms with van der Waals surface area (Å²) in [7, 11) is 0. The molecule has 0 atom stereocenters. The number of hydrogen-bond acceptors (Lipinski definition) is 2. The molecule has 20 heavy (non-hydrogen) atoms. The fraction of sp³-hybridized carbons (Fsp3) is 0.667. The van der Waals surface area contributed by atoms with E-state index in [-0.39, 0.29) is 6.10 Å². The Kier molecular flexibility index (Phi) is 7.08. The lowest BCUT2D eigenvalue weighted by Crippen LogP contribution is -2.30. The number of aryl methyl sites for hydroxylation is 1. The Balaban J connectivity index is 2.40. The fourth-order valence-electron chi connectivity index (χ4n) is 2.18. The van der Waals surface area contributed by atoms with Crippen molar-refractivity contribution in [3.05, 3.63) is 29.8 Å². The Morgan fingerprint density at radius 3 is 2.35 bits per heavy atom. The molecule has 0 aliphatic carbocycles. The van der Waals surface area contributed by atoms with Gasteiger partial charge in [-0.1, -0.05) is 32.9 Å². The Morgan fingerprint density at radius 2 is 1.80 bits per heavy atom. The molecule has 114 valence electrons. The lowest BCUT2D eigenvalue weighted by molar-refractivity contribution is 0.242. The predicted molar refractivity (Wildman–Crippen MR) is 87.5 cm³/mol. The molecule has 0 bridgehead atoms. The highest BCUT2D eigenvalue weighted by Crippen LogP contribution is 2.23. The van der Waals surface area contributed by atoms with E-state index < -0.39 is 0 Å². The summed E-state index contributed by atoms with van der Waals surface area (Å²) in [5.74, 6) is 0.965. The van der Waals surface area contributed by atoms with Gasteiger partial charge in [0.05, 0.1) is 6.10 Å². The molecule has 0 saturated carbocycles. The van der Waals surface area contributed by atoms with Crippen LogP contribution in [0.2, 0.25) is 0 Å². The first-order valence-corrected chi connectivity index (χ1v) is 7.89. The molecule has 2 heteroatoms. The van der Waals surface area contributed by atoms with Gasteiger partial charge in [0.2, 0.25) is 0 Å². The molecule has 0 heterocycles. The Bertz CT molecular complexity index is 368. The lowest BCUT2D eigenvalue weighted by atomic mass is 9.86. The van der Waals surface area contributed by atoms with E-state index in [0.717, 1.165) is 25.3 Å². The molecule has 0 unspecified atom stereocenters. The zero-order chi connectivity index (χ0) is 15.0. The second-order valence-corrected chi connectivity index (χ2v) is 6.65. The van der Waals surface area contributed by atoms with Crippen LogP contribution in [0.5, 0.6) is 5.75 Å². The van der Waals surface area contributed by atoms with Gasteiger partial charge in [-0.05, 0) is 62.8 Å². The van der Waals surface area contributed by atoms with Crippen molar-refractivity contribution in [3.8, 4) is 5.75 Å². The van der Waals surface area contributed by atoms with Crippen LogP contribution in [0, 0.1) is 5.41 Å². The van der Waals surface area contributed by atoms with Gasteiger partial charge >= 0.3 is 0 Å². The summed E-state index contributed by atoms with van der Waals surface area (Å²) in [5, 5.41) is 3.52. The third-order valence-corrected chi connectivity index (χ3v) is 3.42. The first-order valence-electron chi connectivity index (χ1n) is 7.89. The smallest absolute Gasteiger partial charge is 0.119 e. The monoisotopic (exact) mass is 277 g/mol. The van der Waals surface area contributed by atoms with Crippen LogP contribution in [0.3, 0.4) is 0 Å². The zero-order valence-corrected chi connectivity index (χ0v) is 13.8. The summed E-state index contributed by atoms with van der Waals surface area (Å²) in [6.45, 7) is 13.2. The van der Waals surface area contributed by atoms with Crippen molar-refractivity contribution >= 4 is 0 Å². The summed E-state index contributed by atoms with van der Waals surface area (Å²) in [4.78, 5) is 0. The van der Waals surface area contributed by atoms with Crippen LogP contribution in [0.4, 0.5) is 0 Å². The van der Waals surface area contributed by atoms with Gasteiger partial charge < -0.3 is 10.1 Å². The van der Waals surface area contributed by atoms with Gasteiger partial charge in [-0.15, -0.1) is 0 Å². The van der Waals surface area contributed by atoms with Crippen molar-refractivity contribution in [1.29, 1.82) is 0 Å². The standard InChI is InChI=1S/C18H31NO/c1-6-13-19-14-18(4,5)12-11-16-7-9-17(10-8-16)20-15(2)3/h7-10,15,19H,6,11-14H2,1-5H3. The van der Waals surface area contributed by atoms with E-state index in [2.05, 4.69) is 64.2 Å². The number of hydrogen-bond donors (Lipinski definition) is 1. The molecule has 1 rings (SSSR count). The molecule has 2 nitrogen and oxygen atoms in total. The van der Waals surface area contributed by atoms with E-state index in [9.17, 15) is 0 Å². The minimum atomic E-state index is 0.240. The molecule has 0 radical (unpaired) electrons.